The van der Waals surface area contributed by atoms with E-state index in [0.29, 0.717) is 17.3 Å². The number of likely N-dealkylation sites (N-methyl/N-ethyl adjacent to an activating group) is 1. The molecule has 1 saturated heterocycles. The Labute approximate surface area is 179 Å². The highest BCUT2D eigenvalue weighted by Gasteiger charge is 2.32. The molecule has 0 radical (unpaired) electrons. The fourth-order valence-electron chi connectivity index (χ4n) is 2.45. The van der Waals surface area contributed by atoms with Crippen molar-refractivity contribution < 1.29 is 25.2 Å². The molecule has 8 nitrogen and oxygen atoms in total. The Hall–Kier alpha value is -2.66. The first-order valence-corrected chi connectivity index (χ1v) is 9.77. The van der Waals surface area contributed by atoms with E-state index >= 15 is 0 Å². The van der Waals surface area contributed by atoms with Crippen molar-refractivity contribution in [3.8, 4) is 11.5 Å². The summed E-state index contributed by atoms with van der Waals surface area (Å²) < 4.78 is 28.4. The number of aromatic hydroxyl groups is 1. The highest BCUT2D eigenvalue weighted by molar-refractivity contribution is 9.10. The van der Waals surface area contributed by atoms with E-state index < -0.39 is 28.8 Å². The third-order valence-electron chi connectivity index (χ3n) is 3.91. The highest BCUT2D eigenvalue weighted by atomic mass is 79.9. The minimum atomic E-state index is -1.62. The van der Waals surface area contributed by atoms with Gasteiger partial charge in [0.1, 0.15) is 6.08 Å². The lowest BCUT2D eigenvalue weighted by atomic mass is 10.1. The minimum Gasteiger partial charge on any atom is -0.502 e. The Bertz CT molecular complexity index is 1070. The van der Waals surface area contributed by atoms with Gasteiger partial charge in [0.05, 0.1) is 10.7 Å². The van der Waals surface area contributed by atoms with Gasteiger partial charge >= 0.3 is 0 Å². The van der Waals surface area contributed by atoms with Gasteiger partial charge in [0.15, 0.2) is 17.3 Å². The van der Waals surface area contributed by atoms with Crippen LogP contribution >= 0.6 is 27.7 Å². The van der Waals surface area contributed by atoms with Gasteiger partial charge in [-0.3, -0.25) is 14.5 Å². The van der Waals surface area contributed by atoms with E-state index in [9.17, 15) is 19.1 Å². The number of rotatable bonds is 5. The first-order chi connectivity index (χ1) is 14.0. The number of halogens is 2. The average molecular weight is 484 g/mol. The molecule has 3 rings (SSSR count). The summed E-state index contributed by atoms with van der Waals surface area (Å²) in [7, 11) is 1.34. The molecule has 0 saturated carbocycles. The molecule has 0 aliphatic carbocycles. The smallest absolute Gasteiger partial charge is 0.293 e. The highest BCUT2D eigenvalue weighted by Crippen LogP contribution is 2.40. The Morgan fingerprint density at radius 2 is 2.14 bits per heavy atom. The van der Waals surface area contributed by atoms with Crippen LogP contribution in [-0.2, 0) is 11.2 Å². The molecule has 2 aromatic rings. The van der Waals surface area contributed by atoms with Gasteiger partial charge in [-0.05, 0) is 57.9 Å². The van der Waals surface area contributed by atoms with E-state index in [1.807, 2.05) is 0 Å². The summed E-state index contributed by atoms with van der Waals surface area (Å²) in [5.74, 6) is -2.57. The van der Waals surface area contributed by atoms with Crippen LogP contribution in [0.3, 0.4) is 0 Å². The molecule has 29 heavy (non-hydrogen) atoms. The SMILES string of the molecule is [2H]C(C)(Cc1cnc(N)nc1)Oc1cc(/C=C2\SC(=O)N(C)C2=O)c(Br)c(F)c1O. The molecule has 1 atom stereocenters. The van der Waals surface area contributed by atoms with Crippen molar-refractivity contribution in [3.63, 3.8) is 0 Å². The summed E-state index contributed by atoms with van der Waals surface area (Å²) in [6.07, 6.45) is 2.59. The van der Waals surface area contributed by atoms with Crippen LogP contribution in [0.15, 0.2) is 27.8 Å². The second-order valence-electron chi connectivity index (χ2n) is 6.11. The molecule has 11 heteroatoms. The van der Waals surface area contributed by atoms with Crippen LogP contribution in [-0.4, -0.2) is 44.2 Å². The molecule has 1 aromatic heterocycles. The number of nitrogen functional groups attached to an aromatic ring is 1. The zero-order valence-electron chi connectivity index (χ0n) is 16.3. The number of amides is 2. The predicted molar refractivity (Wildman–Crippen MR) is 110 cm³/mol. The van der Waals surface area contributed by atoms with Crippen molar-refractivity contribution in [2.75, 3.05) is 12.8 Å². The first kappa shape index (κ1) is 19.6. The van der Waals surface area contributed by atoms with E-state index in [4.69, 9.17) is 11.8 Å². The molecule has 2 amide bonds. The number of hydrogen-bond acceptors (Lipinski definition) is 8. The number of phenolic OH excluding ortho intramolecular Hbond substituents is 1. The zero-order chi connectivity index (χ0) is 22.2. The minimum absolute atomic E-state index is 0.0223. The third kappa shape index (κ3) is 4.51. The number of anilines is 1. The zero-order valence-corrected chi connectivity index (χ0v) is 17.7. The Morgan fingerprint density at radius 3 is 2.72 bits per heavy atom. The van der Waals surface area contributed by atoms with E-state index in [1.165, 1.54) is 38.5 Å². The maximum absolute atomic E-state index is 14.6. The number of nitrogens with zero attached hydrogens (tertiary/aromatic N) is 3. The van der Waals surface area contributed by atoms with Gasteiger partial charge in [0.2, 0.25) is 5.95 Å². The molecule has 3 N–H and O–H groups in total. The Kier molecular flexibility index (Phi) is 5.67. The molecule has 1 aliphatic heterocycles. The van der Waals surface area contributed by atoms with Crippen LogP contribution in [0, 0.1) is 5.82 Å². The summed E-state index contributed by atoms with van der Waals surface area (Å²) in [4.78, 5) is 32.5. The van der Waals surface area contributed by atoms with Crippen LogP contribution in [0.5, 0.6) is 11.5 Å². The normalized spacial score (nSPS) is 18.1. The summed E-state index contributed by atoms with van der Waals surface area (Å²) in [5, 5.41) is 9.70. The van der Waals surface area contributed by atoms with Crippen molar-refractivity contribution >= 4 is 50.9 Å². The molecule has 0 spiro atoms. The van der Waals surface area contributed by atoms with Gasteiger partial charge in [-0.2, -0.15) is 0 Å². The number of aromatic nitrogens is 2. The second-order valence-corrected chi connectivity index (χ2v) is 7.90. The van der Waals surface area contributed by atoms with E-state index in [2.05, 4.69) is 25.9 Å². The molecule has 1 fully saturated rings. The lowest BCUT2D eigenvalue weighted by Crippen LogP contribution is -2.22. The molecule has 1 aliphatic rings. The Balaban J connectivity index is 1.92. The molecule has 1 aromatic carbocycles. The van der Waals surface area contributed by atoms with E-state index in [-0.39, 0.29) is 33.1 Å². The van der Waals surface area contributed by atoms with Crippen LogP contribution in [0.4, 0.5) is 15.1 Å². The molecular weight excluding hydrogens is 467 g/mol. The quantitative estimate of drug-likeness (QED) is 0.621. The van der Waals surface area contributed by atoms with Crippen molar-refractivity contribution in [2.24, 2.45) is 0 Å². The fraction of sp³-hybridized carbons (Fsp3) is 0.222. The largest absolute Gasteiger partial charge is 0.502 e. The summed E-state index contributed by atoms with van der Waals surface area (Å²) in [5.41, 5.74) is 6.15. The summed E-state index contributed by atoms with van der Waals surface area (Å²) in [6.45, 7) is 1.42. The maximum Gasteiger partial charge on any atom is 0.293 e. The molecule has 2 heterocycles. The number of thioether (sulfide) groups is 1. The van der Waals surface area contributed by atoms with Crippen LogP contribution in [0.1, 0.15) is 19.4 Å². The van der Waals surface area contributed by atoms with Gasteiger partial charge in [0, 0.05) is 25.9 Å². The number of benzene rings is 1. The number of ether oxygens (including phenoxy) is 1. The molecule has 152 valence electrons. The van der Waals surface area contributed by atoms with Gasteiger partial charge in [0.25, 0.3) is 11.1 Å². The molecule has 1 unspecified atom stereocenters. The number of phenols is 1. The molecular formula is C18H16BrFN4O4S. The topological polar surface area (TPSA) is 119 Å². The third-order valence-corrected chi connectivity index (χ3v) is 5.68. The van der Waals surface area contributed by atoms with Gasteiger partial charge in [-0.25, -0.2) is 14.4 Å². The van der Waals surface area contributed by atoms with Crippen LogP contribution in [0.25, 0.3) is 6.08 Å². The van der Waals surface area contributed by atoms with Gasteiger partial charge in [-0.1, -0.05) is 0 Å². The Morgan fingerprint density at radius 1 is 1.48 bits per heavy atom. The van der Waals surface area contributed by atoms with Crippen molar-refractivity contribution in [1.82, 2.24) is 14.9 Å². The number of carbonyl (C=O) groups is 2. The van der Waals surface area contributed by atoms with Crippen molar-refractivity contribution in [3.05, 3.63) is 44.8 Å². The van der Waals surface area contributed by atoms with Gasteiger partial charge in [-0.15, -0.1) is 0 Å². The van der Waals surface area contributed by atoms with Gasteiger partial charge < -0.3 is 15.6 Å². The monoisotopic (exact) mass is 483 g/mol. The number of nitrogens with two attached hydrogens (primary N) is 1. The lowest BCUT2D eigenvalue weighted by molar-refractivity contribution is -0.121. The average Bonchev–Trinajstić information content (AvgIpc) is 2.92. The maximum atomic E-state index is 14.6. The standard InChI is InChI=1S/C18H16BrFN4O4S/c1-8(3-9-6-22-17(21)23-7-9)28-11-4-10(13(19)14(20)15(11)25)5-12-16(26)24(2)18(27)29-12/h4-8,25H,3H2,1-2H3,(H2,21,22,23)/b12-5-/i8D. The molecule has 0 bridgehead atoms. The van der Waals surface area contributed by atoms with E-state index in [0.717, 1.165) is 4.90 Å². The van der Waals surface area contributed by atoms with Crippen molar-refractivity contribution in [2.45, 2.75) is 19.4 Å². The number of hydrogen-bond donors (Lipinski definition) is 2. The fourth-order valence-corrected chi connectivity index (χ4v) is 3.68. The predicted octanol–water partition coefficient (Wildman–Crippen LogP) is 3.34. The van der Waals surface area contributed by atoms with E-state index in [1.54, 1.807) is 0 Å². The summed E-state index contributed by atoms with van der Waals surface area (Å²) in [6, 6.07) is 1.28. The van der Waals surface area contributed by atoms with Crippen LogP contribution in [0.2, 0.25) is 0 Å². The van der Waals surface area contributed by atoms with Crippen molar-refractivity contribution in [1.29, 1.82) is 0 Å². The second kappa shape index (κ2) is 8.37. The lowest BCUT2D eigenvalue weighted by Gasteiger charge is -2.17. The van der Waals surface area contributed by atoms with Crippen LogP contribution < -0.4 is 10.5 Å². The summed E-state index contributed by atoms with van der Waals surface area (Å²) >= 11 is 3.74. The first-order valence-electron chi connectivity index (χ1n) is 8.66. The number of imide groups is 1. The number of carbonyl (C=O) groups excluding carboxylic acids is 2.